The summed E-state index contributed by atoms with van der Waals surface area (Å²) in [5.41, 5.74) is 0.576. The molecule has 0 atom stereocenters. The maximum Gasteiger partial charge on any atom is 0.338 e. The van der Waals surface area contributed by atoms with E-state index in [-0.39, 0.29) is 5.97 Å². The Morgan fingerprint density at radius 3 is 2.75 bits per heavy atom. The van der Waals surface area contributed by atoms with Crippen LogP contribution in [0.15, 0.2) is 42.7 Å². The van der Waals surface area contributed by atoms with Gasteiger partial charge in [-0.2, -0.15) is 0 Å². The van der Waals surface area contributed by atoms with Crippen LogP contribution in [0.2, 0.25) is 0 Å². The van der Waals surface area contributed by atoms with Crippen LogP contribution in [0, 0.1) is 0 Å². The molecule has 0 fully saturated rings. The van der Waals surface area contributed by atoms with Crippen molar-refractivity contribution in [2.24, 2.45) is 0 Å². The molecule has 0 saturated carbocycles. The van der Waals surface area contributed by atoms with Crippen molar-refractivity contribution < 1.29 is 9.53 Å². The van der Waals surface area contributed by atoms with Crippen LogP contribution in [-0.2, 0) is 17.8 Å². The maximum absolute atomic E-state index is 11.8. The zero-order chi connectivity index (χ0) is 14.4. The van der Waals surface area contributed by atoms with E-state index < -0.39 is 0 Å². The number of ether oxygens (including phenoxy) is 1. The fraction of sp³-hybridized carbons (Fsp3) is 0.333. The summed E-state index contributed by atoms with van der Waals surface area (Å²) in [5.74, 6) is 0.672. The third-order valence-electron chi connectivity index (χ3n) is 2.83. The van der Waals surface area contributed by atoms with Gasteiger partial charge in [0.2, 0.25) is 0 Å². The van der Waals surface area contributed by atoms with Crippen LogP contribution in [-0.4, -0.2) is 41.1 Å². The molecule has 0 aliphatic heterocycles. The van der Waals surface area contributed by atoms with Gasteiger partial charge in [-0.25, -0.2) is 9.78 Å². The predicted molar refractivity (Wildman–Crippen MR) is 76.3 cm³/mol. The lowest BCUT2D eigenvalue weighted by molar-refractivity contribution is 0.0490. The molecule has 0 bridgehead atoms. The molecule has 2 aromatic rings. The summed E-state index contributed by atoms with van der Waals surface area (Å²) in [7, 11) is 3.99. The number of aromatic nitrogens is 2. The molecule has 0 spiro atoms. The summed E-state index contributed by atoms with van der Waals surface area (Å²) in [6.45, 7) is 1.71. The Hall–Kier alpha value is -2.14. The van der Waals surface area contributed by atoms with Crippen molar-refractivity contribution in [2.45, 2.75) is 13.1 Å². The Morgan fingerprint density at radius 1 is 1.30 bits per heavy atom. The lowest BCUT2D eigenvalue weighted by Gasteiger charge is -2.12. The molecular weight excluding hydrogens is 254 g/mol. The van der Waals surface area contributed by atoms with Gasteiger partial charge in [0, 0.05) is 12.4 Å². The zero-order valence-electron chi connectivity index (χ0n) is 11.8. The van der Waals surface area contributed by atoms with E-state index in [0.717, 1.165) is 12.4 Å². The Kier molecular flexibility index (Phi) is 4.90. The van der Waals surface area contributed by atoms with E-state index >= 15 is 0 Å². The second kappa shape index (κ2) is 6.86. The minimum atomic E-state index is -0.292. The van der Waals surface area contributed by atoms with Crippen LogP contribution in [0.1, 0.15) is 16.2 Å². The van der Waals surface area contributed by atoms with Crippen molar-refractivity contribution in [3.05, 3.63) is 54.1 Å². The molecule has 106 valence electrons. The third kappa shape index (κ3) is 3.93. The van der Waals surface area contributed by atoms with Crippen LogP contribution in [0.5, 0.6) is 0 Å². The van der Waals surface area contributed by atoms with Gasteiger partial charge in [-0.1, -0.05) is 18.2 Å². The average Bonchev–Trinajstić information content (AvgIpc) is 2.86. The van der Waals surface area contributed by atoms with Crippen molar-refractivity contribution >= 4 is 5.97 Å². The minimum Gasteiger partial charge on any atom is -0.460 e. The Balaban J connectivity index is 1.84. The van der Waals surface area contributed by atoms with Gasteiger partial charge in [-0.3, -0.25) is 0 Å². The quantitative estimate of drug-likeness (QED) is 0.753. The van der Waals surface area contributed by atoms with E-state index in [0.29, 0.717) is 18.7 Å². The van der Waals surface area contributed by atoms with E-state index in [1.807, 2.05) is 43.1 Å². The lowest BCUT2D eigenvalue weighted by atomic mass is 10.2. The van der Waals surface area contributed by atoms with Crippen molar-refractivity contribution in [2.75, 3.05) is 20.7 Å². The maximum atomic E-state index is 11.8. The molecule has 0 N–H and O–H groups in total. The van der Waals surface area contributed by atoms with Crippen molar-refractivity contribution in [3.8, 4) is 0 Å². The minimum absolute atomic E-state index is 0.292. The number of nitrogens with zero attached hydrogens (tertiary/aromatic N) is 3. The summed E-state index contributed by atoms with van der Waals surface area (Å²) in [6, 6.07) is 9.01. The van der Waals surface area contributed by atoms with E-state index in [4.69, 9.17) is 4.74 Å². The predicted octanol–water partition coefficient (Wildman–Crippen LogP) is 1.80. The van der Waals surface area contributed by atoms with Gasteiger partial charge in [0.25, 0.3) is 0 Å². The first kappa shape index (κ1) is 14.3. The van der Waals surface area contributed by atoms with Crippen molar-refractivity contribution in [3.63, 3.8) is 0 Å². The standard InChI is InChI=1S/C15H19N3O2/c1-17(2)12-14-16-8-9-18(14)10-11-20-15(19)13-6-4-3-5-7-13/h3-9H,10-12H2,1-2H3. The number of hydrogen-bond acceptors (Lipinski definition) is 4. The smallest absolute Gasteiger partial charge is 0.338 e. The van der Waals surface area contributed by atoms with Crippen molar-refractivity contribution in [1.82, 2.24) is 14.5 Å². The summed E-state index contributed by atoms with van der Waals surface area (Å²) >= 11 is 0. The molecule has 20 heavy (non-hydrogen) atoms. The number of benzene rings is 1. The van der Waals surface area contributed by atoms with Gasteiger partial charge in [0.1, 0.15) is 12.4 Å². The van der Waals surface area contributed by atoms with Crippen LogP contribution in [0.25, 0.3) is 0 Å². The Labute approximate surface area is 118 Å². The topological polar surface area (TPSA) is 47.4 Å². The number of rotatable bonds is 6. The summed E-state index contributed by atoms with van der Waals surface area (Å²) in [4.78, 5) is 18.1. The highest BCUT2D eigenvalue weighted by Gasteiger charge is 2.07. The van der Waals surface area contributed by atoms with Gasteiger partial charge in [0.05, 0.1) is 18.7 Å². The summed E-state index contributed by atoms with van der Waals surface area (Å²) in [6.07, 6.45) is 3.66. The van der Waals surface area contributed by atoms with E-state index in [1.54, 1.807) is 18.3 Å². The highest BCUT2D eigenvalue weighted by atomic mass is 16.5. The average molecular weight is 273 g/mol. The van der Waals surface area contributed by atoms with Crippen LogP contribution < -0.4 is 0 Å². The second-order valence-corrected chi connectivity index (χ2v) is 4.78. The second-order valence-electron chi connectivity index (χ2n) is 4.78. The SMILES string of the molecule is CN(C)Cc1nccn1CCOC(=O)c1ccccc1. The first-order valence-corrected chi connectivity index (χ1v) is 6.53. The number of carbonyl (C=O) groups is 1. The molecule has 5 nitrogen and oxygen atoms in total. The fourth-order valence-electron chi connectivity index (χ4n) is 1.87. The molecule has 1 heterocycles. The molecule has 0 aliphatic carbocycles. The van der Waals surface area contributed by atoms with E-state index in [1.165, 1.54) is 0 Å². The van der Waals surface area contributed by atoms with Gasteiger partial charge in [-0.15, -0.1) is 0 Å². The van der Waals surface area contributed by atoms with Crippen LogP contribution in [0.3, 0.4) is 0 Å². The monoisotopic (exact) mass is 273 g/mol. The van der Waals surface area contributed by atoms with Crippen LogP contribution >= 0.6 is 0 Å². The summed E-state index contributed by atoms with van der Waals surface area (Å²) < 4.78 is 7.26. The molecule has 5 heteroatoms. The number of hydrogen-bond donors (Lipinski definition) is 0. The highest BCUT2D eigenvalue weighted by Crippen LogP contribution is 2.03. The molecule has 1 aromatic carbocycles. The molecule has 0 aliphatic rings. The zero-order valence-corrected chi connectivity index (χ0v) is 11.8. The molecule has 2 rings (SSSR count). The van der Waals surface area contributed by atoms with Crippen LogP contribution in [0.4, 0.5) is 0 Å². The van der Waals surface area contributed by atoms with E-state index in [9.17, 15) is 4.79 Å². The molecule has 0 amide bonds. The normalized spacial score (nSPS) is 10.8. The Morgan fingerprint density at radius 2 is 2.05 bits per heavy atom. The van der Waals surface area contributed by atoms with Crippen molar-refractivity contribution in [1.29, 1.82) is 0 Å². The van der Waals surface area contributed by atoms with Gasteiger partial charge in [-0.05, 0) is 26.2 Å². The highest BCUT2D eigenvalue weighted by molar-refractivity contribution is 5.89. The van der Waals surface area contributed by atoms with Gasteiger partial charge < -0.3 is 14.2 Å². The van der Waals surface area contributed by atoms with Gasteiger partial charge in [0.15, 0.2) is 0 Å². The molecule has 0 radical (unpaired) electrons. The van der Waals surface area contributed by atoms with E-state index in [2.05, 4.69) is 9.88 Å². The largest absolute Gasteiger partial charge is 0.460 e. The third-order valence-corrected chi connectivity index (χ3v) is 2.83. The lowest BCUT2D eigenvalue weighted by Crippen LogP contribution is -2.17. The molecule has 0 unspecified atom stereocenters. The Bertz CT molecular complexity index is 549. The molecular formula is C15H19N3O2. The first-order valence-electron chi connectivity index (χ1n) is 6.53. The van der Waals surface area contributed by atoms with Gasteiger partial charge >= 0.3 is 5.97 Å². The summed E-state index contributed by atoms with van der Waals surface area (Å²) in [5, 5.41) is 0. The number of esters is 1. The fourth-order valence-corrected chi connectivity index (χ4v) is 1.87. The number of carbonyl (C=O) groups excluding carboxylic acids is 1. The first-order chi connectivity index (χ1) is 9.66. The molecule has 1 aromatic heterocycles. The molecule has 0 saturated heterocycles. The number of imidazole rings is 1.